The summed E-state index contributed by atoms with van der Waals surface area (Å²) in [5.41, 5.74) is 1.27. The molecule has 1 amide bonds. The summed E-state index contributed by atoms with van der Waals surface area (Å²) in [5.74, 6) is 2.43. The fourth-order valence-electron chi connectivity index (χ4n) is 2.67. The zero-order chi connectivity index (χ0) is 14.7. The molecule has 21 heavy (non-hydrogen) atoms. The number of amides is 1. The molecular formula is C16H22N2OS2. The topological polar surface area (TPSA) is 32.3 Å². The summed E-state index contributed by atoms with van der Waals surface area (Å²) in [7, 11) is 0.742. The lowest BCUT2D eigenvalue weighted by molar-refractivity contribution is -0.118. The predicted octanol–water partition coefficient (Wildman–Crippen LogP) is 3.72. The lowest BCUT2D eigenvalue weighted by Crippen LogP contribution is -2.25. The minimum atomic E-state index is -1.21. The van der Waals surface area contributed by atoms with Crippen LogP contribution in [0.1, 0.15) is 19.8 Å². The van der Waals surface area contributed by atoms with Crippen LogP contribution in [0.4, 0.5) is 5.69 Å². The molecule has 2 aliphatic rings. The van der Waals surface area contributed by atoms with Gasteiger partial charge in [0.05, 0.1) is 0 Å². The highest BCUT2D eigenvalue weighted by molar-refractivity contribution is 8.94. The van der Waals surface area contributed by atoms with Gasteiger partial charge in [-0.2, -0.15) is 0 Å². The Balaban J connectivity index is 1.81. The van der Waals surface area contributed by atoms with Crippen LogP contribution in [0.3, 0.4) is 0 Å². The van der Waals surface area contributed by atoms with E-state index in [1.807, 2.05) is 17.7 Å². The third kappa shape index (κ3) is 3.09. The van der Waals surface area contributed by atoms with Crippen molar-refractivity contribution in [2.45, 2.75) is 24.7 Å². The Labute approximate surface area is 132 Å². The first-order valence-corrected chi connectivity index (χ1v) is 10.8. The summed E-state index contributed by atoms with van der Waals surface area (Å²) in [5, 5.41) is 0. The average molecular weight is 322 g/mol. The normalized spacial score (nSPS) is 27.6. The summed E-state index contributed by atoms with van der Waals surface area (Å²) in [6, 6.07) is 8.84. The van der Waals surface area contributed by atoms with Gasteiger partial charge in [0.1, 0.15) is 0 Å². The molecule has 0 bridgehead atoms. The summed E-state index contributed by atoms with van der Waals surface area (Å²) in [4.78, 5) is 15.6. The SMILES string of the molecule is CCC(=O)NS1(c2ccc(N3CC=CC3)cc2)CCCS1. The van der Waals surface area contributed by atoms with Crippen LogP contribution in [0.25, 0.3) is 0 Å². The van der Waals surface area contributed by atoms with E-state index in [4.69, 9.17) is 0 Å². The van der Waals surface area contributed by atoms with Crippen molar-refractivity contribution in [2.24, 2.45) is 0 Å². The van der Waals surface area contributed by atoms with Crippen molar-refractivity contribution < 1.29 is 4.79 Å². The monoisotopic (exact) mass is 322 g/mol. The van der Waals surface area contributed by atoms with Gasteiger partial charge in [-0.15, -0.1) is 0 Å². The highest BCUT2D eigenvalue weighted by Gasteiger charge is 2.32. The molecule has 3 rings (SSSR count). The van der Waals surface area contributed by atoms with Crippen molar-refractivity contribution in [2.75, 3.05) is 29.5 Å². The third-order valence-electron chi connectivity index (χ3n) is 3.86. The van der Waals surface area contributed by atoms with Crippen molar-refractivity contribution >= 4 is 31.6 Å². The van der Waals surface area contributed by atoms with Crippen LogP contribution < -0.4 is 9.62 Å². The Morgan fingerprint density at radius 2 is 2.00 bits per heavy atom. The maximum atomic E-state index is 11.9. The number of anilines is 1. The minimum absolute atomic E-state index is 0.173. The van der Waals surface area contributed by atoms with Gasteiger partial charge >= 0.3 is 0 Å². The van der Waals surface area contributed by atoms with Gasteiger partial charge in [-0.3, -0.25) is 4.79 Å². The molecule has 0 saturated carbocycles. The highest BCUT2D eigenvalue weighted by atomic mass is 33.2. The molecule has 2 heterocycles. The van der Waals surface area contributed by atoms with Crippen molar-refractivity contribution in [3.05, 3.63) is 36.4 Å². The molecule has 114 valence electrons. The molecule has 1 fully saturated rings. The molecule has 1 unspecified atom stereocenters. The molecule has 0 spiro atoms. The zero-order valence-corrected chi connectivity index (χ0v) is 14.0. The summed E-state index contributed by atoms with van der Waals surface area (Å²) in [6.07, 6.45) is 6.17. The molecule has 0 aromatic heterocycles. The fourth-order valence-corrected chi connectivity index (χ4v) is 8.92. The molecule has 1 aromatic carbocycles. The van der Waals surface area contributed by atoms with E-state index in [9.17, 15) is 4.79 Å². The Bertz CT molecular complexity index is 528. The average Bonchev–Trinajstić information content (AvgIpc) is 3.19. The van der Waals surface area contributed by atoms with E-state index < -0.39 is 9.25 Å². The first-order chi connectivity index (χ1) is 10.2. The zero-order valence-electron chi connectivity index (χ0n) is 12.4. The number of nitrogens with zero attached hydrogens (tertiary/aromatic N) is 1. The standard InChI is InChI=1S/C16H22N2OS2/c1-2-16(19)17-21(13-5-12-20-21)15-8-6-14(7-9-15)18-10-3-4-11-18/h3-4,6-9H,2,5,10-13H2,1H3,(H,17,19). The largest absolute Gasteiger partial charge is 0.364 e. The lowest BCUT2D eigenvalue weighted by atomic mass is 10.3. The smallest absolute Gasteiger partial charge is 0.229 e. The predicted molar refractivity (Wildman–Crippen MR) is 94.0 cm³/mol. The molecule has 3 nitrogen and oxygen atoms in total. The molecular weight excluding hydrogens is 300 g/mol. The molecule has 1 atom stereocenters. The van der Waals surface area contributed by atoms with Crippen molar-refractivity contribution in [3.63, 3.8) is 0 Å². The maximum Gasteiger partial charge on any atom is 0.229 e. The molecule has 1 saturated heterocycles. The van der Waals surface area contributed by atoms with E-state index in [0.717, 1.165) is 24.6 Å². The number of benzene rings is 1. The van der Waals surface area contributed by atoms with Crippen LogP contribution in [-0.4, -0.2) is 30.5 Å². The van der Waals surface area contributed by atoms with Crippen LogP contribution in [0, 0.1) is 0 Å². The van der Waals surface area contributed by atoms with Gasteiger partial charge in [0.2, 0.25) is 5.91 Å². The van der Waals surface area contributed by atoms with E-state index in [1.54, 1.807) is 0 Å². The summed E-state index contributed by atoms with van der Waals surface area (Å²) >= 11 is 0. The van der Waals surface area contributed by atoms with Crippen LogP contribution in [0.2, 0.25) is 0 Å². The van der Waals surface area contributed by atoms with Gasteiger partial charge in [0.15, 0.2) is 0 Å². The highest BCUT2D eigenvalue weighted by Crippen LogP contribution is 2.67. The number of carbonyl (C=O) groups is 1. The van der Waals surface area contributed by atoms with Crippen molar-refractivity contribution in [3.8, 4) is 0 Å². The molecule has 5 heteroatoms. The van der Waals surface area contributed by atoms with Crippen LogP contribution in [-0.2, 0) is 4.79 Å². The number of carbonyl (C=O) groups excluding carboxylic acids is 1. The first kappa shape index (κ1) is 14.9. The van der Waals surface area contributed by atoms with Gasteiger partial charge < -0.3 is 9.62 Å². The van der Waals surface area contributed by atoms with Crippen LogP contribution >= 0.6 is 20.0 Å². The number of hydrogen-bond acceptors (Lipinski definition) is 3. The third-order valence-corrected chi connectivity index (χ3v) is 10.2. The maximum absolute atomic E-state index is 11.9. The van der Waals surface area contributed by atoms with Crippen molar-refractivity contribution in [1.29, 1.82) is 0 Å². The van der Waals surface area contributed by atoms with Gasteiger partial charge in [-0.25, -0.2) is 0 Å². The van der Waals surface area contributed by atoms with Gasteiger partial charge in [0.25, 0.3) is 0 Å². The Morgan fingerprint density at radius 1 is 1.29 bits per heavy atom. The molecule has 0 aliphatic carbocycles. The van der Waals surface area contributed by atoms with E-state index in [0.29, 0.717) is 6.42 Å². The van der Waals surface area contributed by atoms with E-state index in [-0.39, 0.29) is 5.91 Å². The Kier molecular flexibility index (Phi) is 4.50. The summed E-state index contributed by atoms with van der Waals surface area (Å²) in [6.45, 7) is 3.92. The lowest BCUT2D eigenvalue weighted by Gasteiger charge is -2.35. The molecule has 1 aromatic rings. The number of hydrogen-bond donors (Lipinski definition) is 1. The number of nitrogens with one attached hydrogen (secondary N) is 1. The second kappa shape index (κ2) is 6.36. The molecule has 1 N–H and O–H groups in total. The Hall–Kier alpha value is -1.07. The minimum Gasteiger partial charge on any atom is -0.364 e. The van der Waals surface area contributed by atoms with E-state index in [1.165, 1.54) is 17.0 Å². The fraction of sp³-hybridized carbons (Fsp3) is 0.438. The van der Waals surface area contributed by atoms with E-state index >= 15 is 0 Å². The Morgan fingerprint density at radius 3 is 2.57 bits per heavy atom. The first-order valence-electron chi connectivity index (χ1n) is 7.49. The molecule has 0 radical (unpaired) electrons. The van der Waals surface area contributed by atoms with Gasteiger partial charge in [-0.05, 0) is 30.7 Å². The van der Waals surface area contributed by atoms with Crippen LogP contribution in [0.15, 0.2) is 41.3 Å². The van der Waals surface area contributed by atoms with Gasteiger partial charge in [-0.1, -0.05) is 39.1 Å². The summed E-state index contributed by atoms with van der Waals surface area (Å²) < 4.78 is 3.33. The quantitative estimate of drug-likeness (QED) is 0.677. The van der Waals surface area contributed by atoms with Gasteiger partial charge in [0, 0.05) is 41.6 Å². The van der Waals surface area contributed by atoms with Crippen molar-refractivity contribution in [1.82, 2.24) is 4.72 Å². The van der Waals surface area contributed by atoms with Crippen LogP contribution in [0.5, 0.6) is 0 Å². The second-order valence-corrected chi connectivity index (χ2v) is 10.8. The number of rotatable bonds is 4. The second-order valence-electron chi connectivity index (χ2n) is 5.30. The van der Waals surface area contributed by atoms with E-state index in [2.05, 4.69) is 46.0 Å². The molecule has 2 aliphatic heterocycles.